The highest BCUT2D eigenvalue weighted by Crippen LogP contribution is 2.38. The largest absolute Gasteiger partial charge is 0.383 e. The predicted octanol–water partition coefficient (Wildman–Crippen LogP) is 3.14. The Labute approximate surface area is 167 Å². The lowest BCUT2D eigenvalue weighted by molar-refractivity contribution is -0.0480. The number of likely N-dealkylation sites (tertiary alicyclic amines) is 1. The van der Waals surface area contributed by atoms with Gasteiger partial charge in [-0.3, -0.25) is 19.9 Å². The fourth-order valence-electron chi connectivity index (χ4n) is 3.95. The van der Waals surface area contributed by atoms with Crippen LogP contribution in [0.2, 0.25) is 0 Å². The second-order valence-electron chi connectivity index (χ2n) is 7.22. The van der Waals surface area contributed by atoms with E-state index in [2.05, 4.69) is 20.2 Å². The number of hydrogen-bond donors (Lipinski definition) is 2. The van der Waals surface area contributed by atoms with E-state index in [0.717, 1.165) is 22.6 Å². The molecule has 2 unspecified atom stereocenters. The number of nitrogens with zero attached hydrogens (tertiary/aromatic N) is 4. The number of carbonyl (C=O) groups is 1. The number of aryl methyl sites for hydroxylation is 1. The van der Waals surface area contributed by atoms with Crippen LogP contribution >= 0.6 is 11.3 Å². The molecule has 0 spiro atoms. The van der Waals surface area contributed by atoms with E-state index in [1.165, 1.54) is 11.3 Å². The molecule has 3 aromatic rings. The number of amides is 1. The highest BCUT2D eigenvalue weighted by atomic mass is 32.1. The Balaban J connectivity index is 1.55. The van der Waals surface area contributed by atoms with Gasteiger partial charge in [-0.1, -0.05) is 6.92 Å². The van der Waals surface area contributed by atoms with Crippen LogP contribution in [0.1, 0.15) is 47.9 Å². The fourth-order valence-corrected chi connectivity index (χ4v) is 4.82. The summed E-state index contributed by atoms with van der Waals surface area (Å²) in [5, 5.41) is 19.9. The molecule has 1 aliphatic heterocycles. The lowest BCUT2D eigenvalue weighted by atomic mass is 9.81. The molecule has 1 saturated heterocycles. The summed E-state index contributed by atoms with van der Waals surface area (Å²) in [6.45, 7) is 4.40. The van der Waals surface area contributed by atoms with Crippen LogP contribution in [0.3, 0.4) is 0 Å². The number of rotatable bonds is 4. The van der Waals surface area contributed by atoms with Gasteiger partial charge < -0.3 is 10.0 Å². The number of H-pyrrole nitrogens is 1. The molecule has 3 aromatic heterocycles. The van der Waals surface area contributed by atoms with Crippen LogP contribution in [0.15, 0.2) is 36.2 Å². The van der Waals surface area contributed by atoms with Gasteiger partial charge in [-0.05, 0) is 25.8 Å². The molecule has 0 aromatic carbocycles. The second kappa shape index (κ2) is 7.44. The van der Waals surface area contributed by atoms with Crippen molar-refractivity contribution >= 4 is 17.2 Å². The van der Waals surface area contributed by atoms with Crippen molar-refractivity contribution in [1.29, 1.82) is 0 Å². The maximum absolute atomic E-state index is 13.2. The second-order valence-corrected chi connectivity index (χ2v) is 8.13. The third-order valence-electron chi connectivity index (χ3n) is 5.46. The molecule has 1 aliphatic rings. The first-order valence-corrected chi connectivity index (χ1v) is 10.3. The van der Waals surface area contributed by atoms with Crippen molar-refractivity contribution in [2.24, 2.45) is 0 Å². The Morgan fingerprint density at radius 2 is 2.25 bits per heavy atom. The summed E-state index contributed by atoms with van der Waals surface area (Å²) >= 11 is 1.53. The van der Waals surface area contributed by atoms with Crippen LogP contribution in [-0.4, -0.2) is 48.7 Å². The molecule has 2 atom stereocenters. The third-order valence-corrected chi connectivity index (χ3v) is 6.44. The lowest BCUT2D eigenvalue weighted by Gasteiger charge is -2.43. The number of aliphatic hydroxyl groups is 1. The van der Waals surface area contributed by atoms with Crippen LogP contribution in [0, 0.1) is 6.92 Å². The van der Waals surface area contributed by atoms with Gasteiger partial charge in [0.25, 0.3) is 5.91 Å². The standard InChI is InChI=1S/C20H23N5O2S/c1-3-16-9-20(27,18-13(2)21-5-6-22-18)4-7-25(16)19(26)14-8-17(28-12-14)15-10-23-24-11-15/h5-6,8,10-12,16,27H,3-4,7,9H2,1-2H3,(H,23,24). The number of carbonyl (C=O) groups excluding carboxylic acids is 1. The first kappa shape index (κ1) is 18.8. The summed E-state index contributed by atoms with van der Waals surface area (Å²) in [5.74, 6) is 0.00997. The zero-order valence-corrected chi connectivity index (χ0v) is 16.7. The fraction of sp³-hybridized carbons (Fsp3) is 0.400. The van der Waals surface area contributed by atoms with Crippen LogP contribution in [0.4, 0.5) is 0 Å². The summed E-state index contributed by atoms with van der Waals surface area (Å²) in [5.41, 5.74) is 1.97. The van der Waals surface area contributed by atoms with Crippen LogP contribution in [0.5, 0.6) is 0 Å². The lowest BCUT2D eigenvalue weighted by Crippen LogP contribution is -2.51. The van der Waals surface area contributed by atoms with Crippen molar-refractivity contribution in [3.63, 3.8) is 0 Å². The first-order chi connectivity index (χ1) is 13.5. The van der Waals surface area contributed by atoms with Gasteiger partial charge in [0, 0.05) is 53.4 Å². The number of piperidine rings is 1. The molecule has 0 radical (unpaired) electrons. The summed E-state index contributed by atoms with van der Waals surface area (Å²) < 4.78 is 0. The van der Waals surface area contributed by atoms with Gasteiger partial charge in [0.15, 0.2) is 0 Å². The molecule has 0 bridgehead atoms. The van der Waals surface area contributed by atoms with Crippen LogP contribution in [-0.2, 0) is 5.60 Å². The van der Waals surface area contributed by atoms with E-state index < -0.39 is 5.60 Å². The van der Waals surface area contributed by atoms with E-state index >= 15 is 0 Å². The van der Waals surface area contributed by atoms with Gasteiger partial charge in [-0.15, -0.1) is 11.3 Å². The number of nitrogens with one attached hydrogen (secondary N) is 1. The van der Waals surface area contributed by atoms with Crippen molar-refractivity contribution < 1.29 is 9.90 Å². The number of aromatic nitrogens is 4. The average molecular weight is 398 g/mol. The molecule has 1 amide bonds. The Morgan fingerprint density at radius 3 is 2.96 bits per heavy atom. The van der Waals surface area contributed by atoms with Crippen LogP contribution in [0.25, 0.3) is 10.4 Å². The van der Waals surface area contributed by atoms with Gasteiger partial charge in [0.2, 0.25) is 0 Å². The summed E-state index contributed by atoms with van der Waals surface area (Å²) in [7, 11) is 0. The zero-order valence-electron chi connectivity index (χ0n) is 15.9. The normalized spacial score (nSPS) is 22.4. The molecule has 28 heavy (non-hydrogen) atoms. The number of aromatic amines is 1. The van der Waals surface area contributed by atoms with Gasteiger partial charge in [-0.25, -0.2) is 0 Å². The molecule has 8 heteroatoms. The smallest absolute Gasteiger partial charge is 0.254 e. The van der Waals surface area contributed by atoms with Crippen LogP contribution < -0.4 is 0 Å². The predicted molar refractivity (Wildman–Crippen MR) is 107 cm³/mol. The minimum absolute atomic E-state index is 0.00997. The summed E-state index contributed by atoms with van der Waals surface area (Å²) in [6.07, 6.45) is 8.50. The van der Waals surface area contributed by atoms with Crippen molar-refractivity contribution in [2.75, 3.05) is 6.54 Å². The van der Waals surface area contributed by atoms with E-state index in [1.54, 1.807) is 18.6 Å². The quantitative estimate of drug-likeness (QED) is 0.705. The Morgan fingerprint density at radius 1 is 1.43 bits per heavy atom. The summed E-state index contributed by atoms with van der Waals surface area (Å²) in [6, 6.07) is 1.86. The number of thiophene rings is 1. The monoisotopic (exact) mass is 397 g/mol. The van der Waals surface area contributed by atoms with Crippen molar-refractivity contribution in [3.8, 4) is 10.4 Å². The molecule has 1 fully saturated rings. The SMILES string of the molecule is CCC1CC(O)(c2nccnc2C)CCN1C(=O)c1csc(-c2cn[nH]c2)c1. The topological polar surface area (TPSA) is 95.0 Å². The Hall–Kier alpha value is -2.58. The van der Waals surface area contributed by atoms with Crippen molar-refractivity contribution in [3.05, 3.63) is 53.2 Å². The van der Waals surface area contributed by atoms with Gasteiger partial charge in [-0.2, -0.15) is 5.10 Å². The molecular formula is C20H23N5O2S. The average Bonchev–Trinajstić information content (AvgIpc) is 3.39. The van der Waals surface area contributed by atoms with E-state index in [-0.39, 0.29) is 11.9 Å². The Bertz CT molecular complexity index is 971. The van der Waals surface area contributed by atoms with Crippen molar-refractivity contribution in [2.45, 2.75) is 44.8 Å². The minimum atomic E-state index is -1.05. The van der Waals surface area contributed by atoms with Gasteiger partial charge in [0.1, 0.15) is 5.60 Å². The molecule has 7 nitrogen and oxygen atoms in total. The van der Waals surface area contributed by atoms with Gasteiger partial charge >= 0.3 is 0 Å². The molecule has 4 heterocycles. The van der Waals surface area contributed by atoms with E-state index in [9.17, 15) is 9.90 Å². The van der Waals surface area contributed by atoms with Crippen molar-refractivity contribution in [1.82, 2.24) is 25.1 Å². The molecular weight excluding hydrogens is 374 g/mol. The zero-order chi connectivity index (χ0) is 19.7. The van der Waals surface area contributed by atoms with E-state index in [0.29, 0.717) is 30.6 Å². The molecule has 2 N–H and O–H groups in total. The highest BCUT2D eigenvalue weighted by Gasteiger charge is 2.42. The first-order valence-electron chi connectivity index (χ1n) is 9.41. The maximum atomic E-state index is 13.2. The number of hydrogen-bond acceptors (Lipinski definition) is 6. The van der Waals surface area contributed by atoms with E-state index in [4.69, 9.17) is 0 Å². The third kappa shape index (κ3) is 3.33. The molecule has 0 saturated carbocycles. The molecule has 0 aliphatic carbocycles. The van der Waals surface area contributed by atoms with Gasteiger partial charge in [0.05, 0.1) is 23.1 Å². The molecule has 4 rings (SSSR count). The van der Waals surface area contributed by atoms with E-state index in [1.807, 2.05) is 36.4 Å². The summed E-state index contributed by atoms with van der Waals surface area (Å²) in [4.78, 5) is 24.7. The molecule has 146 valence electrons. The maximum Gasteiger partial charge on any atom is 0.254 e. The highest BCUT2D eigenvalue weighted by molar-refractivity contribution is 7.13. The minimum Gasteiger partial charge on any atom is -0.383 e. The Kier molecular flexibility index (Phi) is 4.99.